The summed E-state index contributed by atoms with van der Waals surface area (Å²) in [6, 6.07) is 2.49. The smallest absolute Gasteiger partial charge is 0.240 e. The Bertz CT molecular complexity index is 750. The second-order valence-corrected chi connectivity index (χ2v) is 6.73. The minimum absolute atomic E-state index is 0.0467. The molecule has 0 spiro atoms. The predicted octanol–water partition coefficient (Wildman–Crippen LogP) is 2.72. The summed E-state index contributed by atoms with van der Waals surface area (Å²) in [4.78, 5) is 21.7. The molecule has 0 unspecified atom stereocenters. The SMILES string of the molecule is CC(C)(C(=O)NCc1nc2c(F)c(F)ccc2[nH]1)N1CCCCC1. The number of carbonyl (C=O) groups excluding carboxylic acids is 1. The Morgan fingerprint density at radius 1 is 1.29 bits per heavy atom. The Hall–Kier alpha value is -2.02. The molecule has 1 fully saturated rings. The van der Waals surface area contributed by atoms with Crippen molar-refractivity contribution >= 4 is 16.9 Å². The van der Waals surface area contributed by atoms with E-state index in [2.05, 4.69) is 20.2 Å². The van der Waals surface area contributed by atoms with E-state index in [4.69, 9.17) is 0 Å². The molecule has 0 bridgehead atoms. The minimum atomic E-state index is -0.977. The van der Waals surface area contributed by atoms with Gasteiger partial charge in [-0.15, -0.1) is 0 Å². The van der Waals surface area contributed by atoms with Crippen LogP contribution in [-0.4, -0.2) is 39.4 Å². The summed E-state index contributed by atoms with van der Waals surface area (Å²) in [5.74, 6) is -1.61. The molecule has 2 N–H and O–H groups in total. The molecule has 1 saturated heterocycles. The van der Waals surface area contributed by atoms with E-state index < -0.39 is 17.2 Å². The first-order chi connectivity index (χ1) is 11.4. The van der Waals surface area contributed by atoms with Crippen LogP contribution < -0.4 is 5.32 Å². The molecule has 0 saturated carbocycles. The van der Waals surface area contributed by atoms with E-state index in [1.807, 2.05) is 13.8 Å². The highest BCUT2D eigenvalue weighted by Crippen LogP contribution is 2.21. The number of nitrogens with one attached hydrogen (secondary N) is 2. The molecule has 1 amide bonds. The third-order valence-corrected chi connectivity index (χ3v) is 4.71. The van der Waals surface area contributed by atoms with E-state index in [-0.39, 0.29) is 18.0 Å². The Morgan fingerprint density at radius 3 is 2.71 bits per heavy atom. The number of hydrogen-bond donors (Lipinski definition) is 2. The standard InChI is InChI=1S/C17H22F2N4O/c1-17(2,23-8-4-3-5-9-23)16(24)20-10-13-21-12-7-6-11(18)14(19)15(12)22-13/h6-7H,3-5,8-10H2,1-2H3,(H,20,24)(H,21,22). The number of piperidine rings is 1. The number of likely N-dealkylation sites (tertiary alicyclic amines) is 1. The largest absolute Gasteiger partial charge is 0.347 e. The van der Waals surface area contributed by atoms with Crippen LogP contribution in [0, 0.1) is 11.6 Å². The van der Waals surface area contributed by atoms with Crippen molar-refractivity contribution in [3.05, 3.63) is 29.6 Å². The van der Waals surface area contributed by atoms with Crippen molar-refractivity contribution in [1.82, 2.24) is 20.2 Å². The highest BCUT2D eigenvalue weighted by molar-refractivity contribution is 5.85. The maximum atomic E-state index is 13.7. The zero-order chi connectivity index (χ0) is 17.3. The summed E-state index contributed by atoms with van der Waals surface area (Å²) in [6.45, 7) is 5.78. The highest BCUT2D eigenvalue weighted by atomic mass is 19.2. The van der Waals surface area contributed by atoms with Crippen LogP contribution in [0.2, 0.25) is 0 Å². The first-order valence-electron chi connectivity index (χ1n) is 8.25. The first-order valence-corrected chi connectivity index (χ1v) is 8.25. The van der Waals surface area contributed by atoms with E-state index >= 15 is 0 Å². The normalized spacial score (nSPS) is 16.5. The second kappa shape index (κ2) is 6.47. The van der Waals surface area contributed by atoms with Gasteiger partial charge in [-0.1, -0.05) is 6.42 Å². The van der Waals surface area contributed by atoms with Crippen molar-refractivity contribution in [3.8, 4) is 0 Å². The molecule has 1 aliphatic heterocycles. The van der Waals surface area contributed by atoms with Crippen molar-refractivity contribution in [1.29, 1.82) is 0 Å². The van der Waals surface area contributed by atoms with Crippen LogP contribution in [0.3, 0.4) is 0 Å². The van der Waals surface area contributed by atoms with Crippen LogP contribution in [0.5, 0.6) is 0 Å². The molecule has 0 radical (unpaired) electrons. The molecule has 2 heterocycles. The third-order valence-electron chi connectivity index (χ3n) is 4.71. The number of imidazole rings is 1. The van der Waals surface area contributed by atoms with Crippen LogP contribution in [-0.2, 0) is 11.3 Å². The quantitative estimate of drug-likeness (QED) is 0.902. The van der Waals surface area contributed by atoms with Gasteiger partial charge in [0.15, 0.2) is 11.6 Å². The van der Waals surface area contributed by atoms with Crippen molar-refractivity contribution in [3.63, 3.8) is 0 Å². The van der Waals surface area contributed by atoms with Gasteiger partial charge in [0.25, 0.3) is 0 Å². The van der Waals surface area contributed by atoms with Gasteiger partial charge in [-0.25, -0.2) is 13.8 Å². The van der Waals surface area contributed by atoms with Gasteiger partial charge < -0.3 is 10.3 Å². The Balaban J connectivity index is 1.68. The number of H-pyrrole nitrogens is 1. The number of carbonyl (C=O) groups is 1. The fourth-order valence-corrected chi connectivity index (χ4v) is 3.13. The number of aromatic nitrogens is 2. The molecule has 1 aliphatic rings. The van der Waals surface area contributed by atoms with Crippen LogP contribution in [0.25, 0.3) is 11.0 Å². The molecular weight excluding hydrogens is 314 g/mol. The van der Waals surface area contributed by atoms with Gasteiger partial charge in [-0.3, -0.25) is 9.69 Å². The minimum Gasteiger partial charge on any atom is -0.347 e. The Labute approximate surface area is 139 Å². The zero-order valence-electron chi connectivity index (χ0n) is 14.0. The number of rotatable bonds is 4. The Kier molecular flexibility index (Phi) is 4.54. The molecule has 24 heavy (non-hydrogen) atoms. The van der Waals surface area contributed by atoms with Gasteiger partial charge in [-0.2, -0.15) is 0 Å². The topological polar surface area (TPSA) is 61.0 Å². The van der Waals surface area contributed by atoms with Crippen molar-refractivity contribution in [2.75, 3.05) is 13.1 Å². The van der Waals surface area contributed by atoms with Crippen molar-refractivity contribution in [2.24, 2.45) is 0 Å². The van der Waals surface area contributed by atoms with E-state index in [9.17, 15) is 13.6 Å². The monoisotopic (exact) mass is 336 g/mol. The first kappa shape index (κ1) is 16.8. The van der Waals surface area contributed by atoms with Gasteiger partial charge >= 0.3 is 0 Å². The summed E-state index contributed by atoms with van der Waals surface area (Å²) in [5.41, 5.74) is -0.243. The van der Waals surface area contributed by atoms with Gasteiger partial charge in [-0.05, 0) is 51.9 Å². The lowest BCUT2D eigenvalue weighted by Gasteiger charge is -2.39. The zero-order valence-corrected chi connectivity index (χ0v) is 14.0. The molecular formula is C17H22F2N4O. The van der Waals surface area contributed by atoms with Crippen LogP contribution in [0.15, 0.2) is 12.1 Å². The average molecular weight is 336 g/mol. The Morgan fingerprint density at radius 2 is 2.00 bits per heavy atom. The van der Waals surface area contributed by atoms with Crippen molar-refractivity contribution < 1.29 is 13.6 Å². The van der Waals surface area contributed by atoms with E-state index in [1.165, 1.54) is 12.5 Å². The van der Waals surface area contributed by atoms with Crippen LogP contribution in [0.4, 0.5) is 8.78 Å². The van der Waals surface area contributed by atoms with E-state index in [1.54, 1.807) is 0 Å². The number of aromatic amines is 1. The lowest BCUT2D eigenvalue weighted by molar-refractivity contribution is -0.132. The van der Waals surface area contributed by atoms with Gasteiger partial charge in [0, 0.05) is 0 Å². The molecule has 0 atom stereocenters. The maximum Gasteiger partial charge on any atom is 0.240 e. The van der Waals surface area contributed by atoms with Gasteiger partial charge in [0.05, 0.1) is 17.6 Å². The number of hydrogen-bond acceptors (Lipinski definition) is 3. The van der Waals surface area contributed by atoms with Crippen LogP contribution >= 0.6 is 0 Å². The summed E-state index contributed by atoms with van der Waals surface area (Å²) < 4.78 is 26.9. The lowest BCUT2D eigenvalue weighted by atomic mass is 9.97. The fourth-order valence-electron chi connectivity index (χ4n) is 3.13. The number of fused-ring (bicyclic) bond motifs is 1. The molecule has 130 valence electrons. The van der Waals surface area contributed by atoms with Gasteiger partial charge in [0.2, 0.25) is 5.91 Å². The molecule has 7 heteroatoms. The molecule has 2 aromatic rings. The predicted molar refractivity (Wildman–Crippen MR) is 87.4 cm³/mol. The second-order valence-electron chi connectivity index (χ2n) is 6.73. The number of nitrogens with zero attached hydrogens (tertiary/aromatic N) is 2. The molecule has 5 nitrogen and oxygen atoms in total. The average Bonchev–Trinajstić information content (AvgIpc) is 3.01. The van der Waals surface area contributed by atoms with E-state index in [0.717, 1.165) is 32.0 Å². The maximum absolute atomic E-state index is 13.7. The van der Waals surface area contributed by atoms with Gasteiger partial charge in [0.1, 0.15) is 11.3 Å². The highest BCUT2D eigenvalue weighted by Gasteiger charge is 2.35. The molecule has 0 aliphatic carbocycles. The molecule has 1 aromatic carbocycles. The number of benzene rings is 1. The number of halogens is 2. The summed E-state index contributed by atoms with van der Waals surface area (Å²) in [7, 11) is 0. The van der Waals surface area contributed by atoms with Crippen molar-refractivity contribution in [2.45, 2.75) is 45.2 Å². The van der Waals surface area contributed by atoms with Crippen LogP contribution in [0.1, 0.15) is 38.9 Å². The fraction of sp³-hybridized carbons (Fsp3) is 0.529. The summed E-state index contributed by atoms with van der Waals surface area (Å²) in [5, 5.41) is 2.84. The lowest BCUT2D eigenvalue weighted by Crippen LogP contribution is -2.56. The third kappa shape index (κ3) is 3.13. The summed E-state index contributed by atoms with van der Waals surface area (Å²) >= 11 is 0. The summed E-state index contributed by atoms with van der Waals surface area (Å²) in [6.07, 6.45) is 3.41. The molecule has 3 rings (SSSR count). The number of amides is 1. The van der Waals surface area contributed by atoms with E-state index in [0.29, 0.717) is 11.3 Å². The molecule has 1 aromatic heterocycles.